The van der Waals surface area contributed by atoms with E-state index in [-0.39, 0.29) is 0 Å². The molecule has 2 aliphatic rings. The van der Waals surface area contributed by atoms with Crippen LogP contribution in [0, 0.1) is 0 Å². The minimum Gasteiger partial charge on any atom is -0.337 e. The summed E-state index contributed by atoms with van der Waals surface area (Å²) in [5.41, 5.74) is 4.00. The van der Waals surface area contributed by atoms with Crippen molar-refractivity contribution in [1.29, 1.82) is 0 Å². The number of hydrogen-bond acceptors (Lipinski definition) is 4. The van der Waals surface area contributed by atoms with Crippen LogP contribution in [0.5, 0.6) is 5.75 Å². The van der Waals surface area contributed by atoms with E-state index in [1.807, 2.05) is 6.07 Å². The van der Waals surface area contributed by atoms with Gasteiger partial charge in [-0.15, -0.1) is 0 Å². The molecule has 2 heterocycles. The van der Waals surface area contributed by atoms with Gasteiger partial charge in [-0.2, -0.15) is 4.89 Å². The second-order valence-corrected chi connectivity index (χ2v) is 7.79. The van der Waals surface area contributed by atoms with Gasteiger partial charge in [0.15, 0.2) is 5.75 Å². The highest BCUT2D eigenvalue weighted by Gasteiger charge is 2.28. The smallest absolute Gasteiger partial charge is 0.171 e. The Balaban J connectivity index is 1.48. The third-order valence-corrected chi connectivity index (χ3v) is 5.79. The first-order valence-corrected chi connectivity index (χ1v) is 10.2. The number of piperidine rings is 1. The zero-order valence-electron chi connectivity index (χ0n) is 16.3. The monoisotopic (exact) mass is 366 g/mol. The molecule has 1 atom stereocenters. The minimum atomic E-state index is 0.434. The molecule has 1 fully saturated rings. The summed E-state index contributed by atoms with van der Waals surface area (Å²) in [6.07, 6.45) is 5.09. The third-order valence-electron chi connectivity index (χ3n) is 5.79. The zero-order chi connectivity index (χ0) is 18.5. The molecule has 144 valence electrons. The fourth-order valence-corrected chi connectivity index (χ4v) is 4.36. The molecule has 2 aromatic carbocycles. The second-order valence-electron chi connectivity index (χ2n) is 7.79. The lowest BCUT2D eigenvalue weighted by molar-refractivity contribution is -0.194. The second kappa shape index (κ2) is 8.87. The first kappa shape index (κ1) is 18.5. The average molecular weight is 367 g/mol. The largest absolute Gasteiger partial charge is 0.337 e. The molecule has 4 heteroatoms. The fraction of sp³-hybridized carbons (Fsp3) is 0.478. The lowest BCUT2D eigenvalue weighted by Crippen LogP contribution is -2.36. The van der Waals surface area contributed by atoms with Gasteiger partial charge >= 0.3 is 0 Å². The number of likely N-dealkylation sites (tertiary alicyclic amines) is 1. The van der Waals surface area contributed by atoms with Crippen molar-refractivity contribution in [2.24, 2.45) is 0 Å². The molecule has 4 nitrogen and oxygen atoms in total. The molecule has 0 saturated carbocycles. The Morgan fingerprint density at radius 3 is 2.63 bits per heavy atom. The first-order valence-electron chi connectivity index (χ1n) is 10.2. The van der Waals surface area contributed by atoms with E-state index in [1.165, 1.54) is 49.0 Å². The molecular formula is C23H30N2O2. The summed E-state index contributed by atoms with van der Waals surface area (Å²) in [6.45, 7) is 5.01. The van der Waals surface area contributed by atoms with Crippen LogP contribution in [-0.2, 0) is 18.0 Å². The maximum absolute atomic E-state index is 5.35. The van der Waals surface area contributed by atoms with Gasteiger partial charge in [0, 0.05) is 18.2 Å². The summed E-state index contributed by atoms with van der Waals surface area (Å²) in [4.78, 5) is 15.7. The Hall–Kier alpha value is -1.88. The Bertz CT molecular complexity index is 728. The normalized spacial score (nSPS) is 18.3. The van der Waals surface area contributed by atoms with Gasteiger partial charge in [0.05, 0.1) is 0 Å². The van der Waals surface area contributed by atoms with Gasteiger partial charge in [0.1, 0.15) is 6.61 Å². The highest BCUT2D eigenvalue weighted by Crippen LogP contribution is 2.37. The summed E-state index contributed by atoms with van der Waals surface area (Å²) < 4.78 is 0. The summed E-state index contributed by atoms with van der Waals surface area (Å²) in [6, 6.07) is 17.6. The quantitative estimate of drug-likeness (QED) is 0.671. The molecule has 0 spiro atoms. The molecule has 1 saturated heterocycles. The highest BCUT2D eigenvalue weighted by atomic mass is 17.2. The van der Waals surface area contributed by atoms with E-state index < -0.39 is 0 Å². The molecule has 0 N–H and O–H groups in total. The topological polar surface area (TPSA) is 24.9 Å². The van der Waals surface area contributed by atoms with E-state index >= 15 is 0 Å². The van der Waals surface area contributed by atoms with E-state index in [0.717, 1.165) is 25.3 Å². The summed E-state index contributed by atoms with van der Waals surface area (Å²) >= 11 is 0. The maximum Gasteiger partial charge on any atom is 0.171 e. The molecule has 0 aromatic heterocycles. The lowest BCUT2D eigenvalue weighted by Gasteiger charge is -2.36. The Morgan fingerprint density at radius 2 is 1.81 bits per heavy atom. The molecule has 0 bridgehead atoms. The van der Waals surface area contributed by atoms with Crippen LogP contribution >= 0.6 is 0 Å². The third kappa shape index (κ3) is 4.52. The number of nitrogens with zero attached hydrogens (tertiary/aromatic N) is 2. The standard InChI is InChI=1S/C23H30N2O2/c1-24(17-19-9-4-2-5-10-19)16-13-22(25-14-6-3-7-15-25)20-11-8-12-23-21(20)18-26-27-23/h2,4-5,8-12,22H,3,6-7,13-18H2,1H3. The first-order chi connectivity index (χ1) is 13.3. The minimum absolute atomic E-state index is 0.434. The van der Waals surface area contributed by atoms with Gasteiger partial charge in [-0.1, -0.05) is 48.9 Å². The van der Waals surface area contributed by atoms with Gasteiger partial charge in [-0.3, -0.25) is 4.90 Å². The van der Waals surface area contributed by atoms with Crippen molar-refractivity contribution >= 4 is 0 Å². The molecule has 0 amide bonds. The van der Waals surface area contributed by atoms with Crippen molar-refractivity contribution < 1.29 is 9.78 Å². The summed E-state index contributed by atoms with van der Waals surface area (Å²) in [5, 5.41) is 0. The van der Waals surface area contributed by atoms with Crippen molar-refractivity contribution in [2.45, 2.75) is 44.9 Å². The van der Waals surface area contributed by atoms with Crippen molar-refractivity contribution in [1.82, 2.24) is 9.80 Å². The number of benzene rings is 2. The van der Waals surface area contributed by atoms with Crippen molar-refractivity contribution in [3.05, 3.63) is 65.2 Å². The van der Waals surface area contributed by atoms with Crippen LogP contribution in [-0.4, -0.2) is 36.5 Å². The van der Waals surface area contributed by atoms with E-state index in [0.29, 0.717) is 12.6 Å². The molecule has 0 aliphatic carbocycles. The van der Waals surface area contributed by atoms with Crippen LogP contribution in [0.25, 0.3) is 0 Å². The zero-order valence-corrected chi connectivity index (χ0v) is 16.3. The van der Waals surface area contributed by atoms with Crippen molar-refractivity contribution in [3.8, 4) is 5.75 Å². The molecule has 4 rings (SSSR count). The fourth-order valence-electron chi connectivity index (χ4n) is 4.36. The van der Waals surface area contributed by atoms with Crippen LogP contribution in [0.1, 0.15) is 48.4 Å². The van der Waals surface area contributed by atoms with Gasteiger partial charge in [-0.25, -0.2) is 0 Å². The predicted octanol–water partition coefficient (Wildman–Crippen LogP) is 4.56. The SMILES string of the molecule is CN(CCC(c1cccc2c1COO2)N1CCCCC1)Cc1ccccc1. The van der Waals surface area contributed by atoms with E-state index in [1.54, 1.807) is 0 Å². The molecule has 2 aliphatic heterocycles. The van der Waals surface area contributed by atoms with Crippen LogP contribution < -0.4 is 4.89 Å². The van der Waals surface area contributed by atoms with Gasteiger partial charge < -0.3 is 9.79 Å². The van der Waals surface area contributed by atoms with Crippen molar-refractivity contribution in [2.75, 3.05) is 26.7 Å². The summed E-state index contributed by atoms with van der Waals surface area (Å²) in [5.74, 6) is 0.896. The maximum atomic E-state index is 5.35. The molecule has 0 radical (unpaired) electrons. The Kier molecular flexibility index (Phi) is 6.07. The van der Waals surface area contributed by atoms with E-state index in [2.05, 4.69) is 59.3 Å². The van der Waals surface area contributed by atoms with Crippen LogP contribution in [0.15, 0.2) is 48.5 Å². The predicted molar refractivity (Wildman–Crippen MR) is 107 cm³/mol. The number of rotatable bonds is 7. The molecular weight excluding hydrogens is 336 g/mol. The number of fused-ring (bicyclic) bond motifs is 1. The van der Waals surface area contributed by atoms with Crippen molar-refractivity contribution in [3.63, 3.8) is 0 Å². The Labute approximate surface area is 162 Å². The van der Waals surface area contributed by atoms with E-state index in [9.17, 15) is 0 Å². The van der Waals surface area contributed by atoms with Crippen LogP contribution in [0.4, 0.5) is 0 Å². The van der Waals surface area contributed by atoms with Gasteiger partial charge in [0.2, 0.25) is 0 Å². The average Bonchev–Trinajstić information content (AvgIpc) is 3.19. The van der Waals surface area contributed by atoms with E-state index in [4.69, 9.17) is 9.78 Å². The van der Waals surface area contributed by atoms with Gasteiger partial charge in [0.25, 0.3) is 0 Å². The molecule has 2 aromatic rings. The summed E-state index contributed by atoms with van der Waals surface area (Å²) in [7, 11) is 2.22. The van der Waals surface area contributed by atoms with Crippen LogP contribution in [0.3, 0.4) is 0 Å². The van der Waals surface area contributed by atoms with Crippen LogP contribution in [0.2, 0.25) is 0 Å². The lowest BCUT2D eigenvalue weighted by atomic mass is 9.94. The Morgan fingerprint density at radius 1 is 1.00 bits per heavy atom. The molecule has 1 unspecified atom stereocenters. The van der Waals surface area contributed by atoms with Gasteiger partial charge in [-0.05, 0) is 63.1 Å². The molecule has 27 heavy (non-hydrogen) atoms. The number of hydrogen-bond donors (Lipinski definition) is 0. The highest BCUT2D eigenvalue weighted by molar-refractivity contribution is 5.42.